The highest BCUT2D eigenvalue weighted by molar-refractivity contribution is 7.91. The Hall–Kier alpha value is -0.620. The van der Waals surface area contributed by atoms with E-state index in [0.29, 0.717) is 6.42 Å². The molecular weight excluding hydrogens is 276 g/mol. The maximum Gasteiger partial charge on any atom is 0.226 e. The average Bonchev–Trinajstić information content (AvgIpc) is 2.79. The van der Waals surface area contributed by atoms with Crippen molar-refractivity contribution in [2.75, 3.05) is 37.7 Å². The normalized spacial score (nSPS) is 37.2. The first-order valence-corrected chi connectivity index (χ1v) is 9.52. The lowest BCUT2D eigenvalue weighted by molar-refractivity contribution is -0.138. The van der Waals surface area contributed by atoms with Gasteiger partial charge in [-0.15, -0.1) is 0 Å². The van der Waals surface area contributed by atoms with E-state index >= 15 is 0 Å². The minimum absolute atomic E-state index is 0.0631. The molecule has 1 spiro atoms. The van der Waals surface area contributed by atoms with Crippen molar-refractivity contribution in [1.82, 2.24) is 10.2 Å². The van der Waals surface area contributed by atoms with E-state index in [1.54, 1.807) is 0 Å². The lowest BCUT2D eigenvalue weighted by atomic mass is 9.74. The first kappa shape index (κ1) is 14.3. The van der Waals surface area contributed by atoms with E-state index in [9.17, 15) is 13.2 Å². The van der Waals surface area contributed by atoms with Gasteiger partial charge in [0.05, 0.1) is 17.4 Å². The number of rotatable bonds is 1. The van der Waals surface area contributed by atoms with Crippen LogP contribution in [0, 0.1) is 11.3 Å². The molecule has 3 fully saturated rings. The molecule has 0 radical (unpaired) electrons. The number of nitrogens with one attached hydrogen (secondary N) is 1. The molecule has 0 aromatic rings. The zero-order valence-corrected chi connectivity index (χ0v) is 12.8. The second kappa shape index (κ2) is 5.30. The highest BCUT2D eigenvalue weighted by atomic mass is 32.2. The third-order valence-corrected chi connectivity index (χ3v) is 6.88. The number of hydrogen-bond acceptors (Lipinski definition) is 4. The third-order valence-electron chi connectivity index (χ3n) is 5.12. The fraction of sp³-hybridized carbons (Fsp3) is 0.929. The van der Waals surface area contributed by atoms with Gasteiger partial charge in [0.2, 0.25) is 5.91 Å². The van der Waals surface area contributed by atoms with E-state index in [0.717, 1.165) is 32.6 Å². The van der Waals surface area contributed by atoms with Crippen LogP contribution in [0.2, 0.25) is 0 Å². The van der Waals surface area contributed by atoms with Crippen molar-refractivity contribution in [3.05, 3.63) is 0 Å². The molecule has 3 heterocycles. The van der Waals surface area contributed by atoms with Crippen LogP contribution in [0.5, 0.6) is 0 Å². The van der Waals surface area contributed by atoms with Gasteiger partial charge in [0, 0.05) is 25.0 Å². The number of piperidine rings is 2. The van der Waals surface area contributed by atoms with Crippen molar-refractivity contribution in [2.45, 2.75) is 32.1 Å². The van der Waals surface area contributed by atoms with Gasteiger partial charge in [-0.3, -0.25) is 4.79 Å². The predicted octanol–water partition coefficient (Wildman–Crippen LogP) is 0.413. The van der Waals surface area contributed by atoms with E-state index < -0.39 is 9.84 Å². The number of likely N-dealkylation sites (tertiary alicyclic amines) is 1. The van der Waals surface area contributed by atoms with Gasteiger partial charge in [-0.05, 0) is 38.6 Å². The molecular formula is C14H24N2O3S. The van der Waals surface area contributed by atoms with Crippen LogP contribution >= 0.6 is 0 Å². The third kappa shape index (κ3) is 2.86. The van der Waals surface area contributed by atoms with Crippen molar-refractivity contribution in [3.63, 3.8) is 0 Å². The molecule has 0 aliphatic carbocycles. The van der Waals surface area contributed by atoms with Crippen LogP contribution in [0.25, 0.3) is 0 Å². The van der Waals surface area contributed by atoms with Gasteiger partial charge < -0.3 is 10.2 Å². The van der Waals surface area contributed by atoms with Crippen LogP contribution in [-0.4, -0.2) is 56.9 Å². The summed E-state index contributed by atoms with van der Waals surface area (Å²) >= 11 is 0. The van der Waals surface area contributed by atoms with Crippen molar-refractivity contribution >= 4 is 15.7 Å². The molecule has 3 aliphatic rings. The summed E-state index contributed by atoms with van der Waals surface area (Å²) in [6.45, 7) is 3.70. The molecule has 3 rings (SSSR count). The van der Waals surface area contributed by atoms with Crippen LogP contribution < -0.4 is 5.32 Å². The van der Waals surface area contributed by atoms with Crippen molar-refractivity contribution in [2.24, 2.45) is 11.3 Å². The molecule has 0 saturated carbocycles. The second-order valence-corrected chi connectivity index (χ2v) is 8.97. The molecule has 2 unspecified atom stereocenters. The van der Waals surface area contributed by atoms with Gasteiger partial charge in [0.1, 0.15) is 0 Å². The predicted molar refractivity (Wildman–Crippen MR) is 77.1 cm³/mol. The van der Waals surface area contributed by atoms with Crippen molar-refractivity contribution in [3.8, 4) is 0 Å². The van der Waals surface area contributed by atoms with Gasteiger partial charge in [-0.1, -0.05) is 0 Å². The largest absolute Gasteiger partial charge is 0.342 e. The van der Waals surface area contributed by atoms with Crippen LogP contribution in [0.15, 0.2) is 0 Å². The molecule has 1 N–H and O–H groups in total. The summed E-state index contributed by atoms with van der Waals surface area (Å²) in [5.41, 5.74) is 0.240. The maximum atomic E-state index is 12.6. The molecule has 0 bridgehead atoms. The van der Waals surface area contributed by atoms with Gasteiger partial charge in [0.25, 0.3) is 0 Å². The Morgan fingerprint density at radius 3 is 2.70 bits per heavy atom. The van der Waals surface area contributed by atoms with Crippen LogP contribution in [0.1, 0.15) is 32.1 Å². The van der Waals surface area contributed by atoms with Crippen LogP contribution in [-0.2, 0) is 14.6 Å². The summed E-state index contributed by atoms with van der Waals surface area (Å²) in [6.07, 6.45) is 5.12. The molecule has 20 heavy (non-hydrogen) atoms. The van der Waals surface area contributed by atoms with Gasteiger partial charge in [0.15, 0.2) is 9.84 Å². The fourth-order valence-electron chi connectivity index (χ4n) is 4.02. The van der Waals surface area contributed by atoms with Crippen molar-refractivity contribution < 1.29 is 13.2 Å². The standard InChI is InChI=1S/C14H24N2O3S/c17-13(12-3-8-20(18,19)9-12)16-7-2-5-14(11-16)4-1-6-15-10-14/h12,15H,1-11H2. The molecule has 3 saturated heterocycles. The number of sulfone groups is 1. The molecule has 6 heteroatoms. The zero-order chi connectivity index (χ0) is 14.2. The smallest absolute Gasteiger partial charge is 0.226 e. The Labute approximate surface area is 121 Å². The minimum Gasteiger partial charge on any atom is -0.342 e. The highest BCUT2D eigenvalue weighted by Gasteiger charge is 2.41. The number of nitrogens with zero attached hydrogens (tertiary/aromatic N) is 1. The molecule has 0 aromatic carbocycles. The van der Waals surface area contributed by atoms with Gasteiger partial charge in [-0.25, -0.2) is 8.42 Å². The lowest BCUT2D eigenvalue weighted by Gasteiger charge is -2.46. The Morgan fingerprint density at radius 2 is 2.05 bits per heavy atom. The minimum atomic E-state index is -2.97. The molecule has 5 nitrogen and oxygen atoms in total. The summed E-state index contributed by atoms with van der Waals surface area (Å²) in [5, 5.41) is 3.45. The molecule has 3 aliphatic heterocycles. The van der Waals surface area contributed by atoms with Crippen LogP contribution in [0.4, 0.5) is 0 Å². The van der Waals surface area contributed by atoms with E-state index in [2.05, 4.69) is 5.32 Å². The highest BCUT2D eigenvalue weighted by Crippen LogP contribution is 2.36. The van der Waals surface area contributed by atoms with Crippen molar-refractivity contribution in [1.29, 1.82) is 0 Å². The fourth-order valence-corrected chi connectivity index (χ4v) is 5.76. The maximum absolute atomic E-state index is 12.6. The Balaban J connectivity index is 1.66. The molecule has 2 atom stereocenters. The molecule has 114 valence electrons. The van der Waals surface area contributed by atoms with E-state index in [-0.39, 0.29) is 28.7 Å². The quantitative estimate of drug-likeness (QED) is 0.762. The first-order chi connectivity index (χ1) is 9.50. The molecule has 0 aromatic heterocycles. The van der Waals surface area contributed by atoms with Crippen LogP contribution in [0.3, 0.4) is 0 Å². The topological polar surface area (TPSA) is 66.5 Å². The Kier molecular flexibility index (Phi) is 3.79. The average molecular weight is 300 g/mol. The monoisotopic (exact) mass is 300 g/mol. The summed E-state index contributed by atoms with van der Waals surface area (Å²) in [7, 11) is -2.97. The lowest BCUT2D eigenvalue weighted by Crippen LogP contribution is -2.53. The van der Waals surface area contributed by atoms with E-state index in [4.69, 9.17) is 0 Å². The first-order valence-electron chi connectivity index (χ1n) is 7.70. The Morgan fingerprint density at radius 1 is 1.25 bits per heavy atom. The SMILES string of the molecule is O=C(C1CCS(=O)(=O)C1)N1CCCC2(CCCNC2)C1. The summed E-state index contributed by atoms with van der Waals surface area (Å²) < 4.78 is 23.1. The number of hydrogen-bond donors (Lipinski definition) is 1. The van der Waals surface area contributed by atoms with Gasteiger partial charge >= 0.3 is 0 Å². The molecule has 1 amide bonds. The van der Waals surface area contributed by atoms with Gasteiger partial charge in [-0.2, -0.15) is 0 Å². The Bertz CT molecular complexity index is 477. The summed E-state index contributed by atoms with van der Waals surface area (Å²) in [4.78, 5) is 14.5. The van der Waals surface area contributed by atoms with E-state index in [1.165, 1.54) is 19.3 Å². The number of carbonyl (C=O) groups excluding carboxylic acids is 1. The number of amides is 1. The van der Waals surface area contributed by atoms with E-state index in [1.807, 2.05) is 4.90 Å². The zero-order valence-electron chi connectivity index (χ0n) is 11.9. The summed E-state index contributed by atoms with van der Waals surface area (Å²) in [6, 6.07) is 0. The number of carbonyl (C=O) groups is 1. The second-order valence-electron chi connectivity index (χ2n) is 6.74. The summed E-state index contributed by atoms with van der Waals surface area (Å²) in [5.74, 6) is 0.0415.